The third-order valence-corrected chi connectivity index (χ3v) is 4.95. The van der Waals surface area contributed by atoms with Crippen molar-refractivity contribution < 1.29 is 9.50 Å². The number of rotatable bonds is 2. The van der Waals surface area contributed by atoms with Gasteiger partial charge in [0.15, 0.2) is 0 Å². The van der Waals surface area contributed by atoms with Crippen molar-refractivity contribution in [3.8, 4) is 23.1 Å². The SMILES string of the molecule is N#CC1CCN(c2cc(-c3ccccc3O)nc3ccc(F)cc23)CC1. The first kappa shape index (κ1) is 16.3. The topological polar surface area (TPSA) is 60.2 Å². The molecule has 5 heteroatoms. The Morgan fingerprint density at radius 1 is 1.12 bits per heavy atom. The fourth-order valence-electron chi connectivity index (χ4n) is 3.52. The minimum atomic E-state index is -0.303. The quantitative estimate of drug-likeness (QED) is 0.742. The molecule has 130 valence electrons. The van der Waals surface area contributed by atoms with Crippen LogP contribution in [0.3, 0.4) is 0 Å². The number of piperidine rings is 1. The highest BCUT2D eigenvalue weighted by atomic mass is 19.1. The molecule has 0 saturated carbocycles. The molecule has 2 aromatic carbocycles. The second-order valence-corrected chi connectivity index (χ2v) is 6.60. The molecule has 1 fully saturated rings. The van der Waals surface area contributed by atoms with Crippen LogP contribution in [0.15, 0.2) is 48.5 Å². The summed E-state index contributed by atoms with van der Waals surface area (Å²) in [6.07, 6.45) is 1.59. The lowest BCUT2D eigenvalue weighted by Gasteiger charge is -2.32. The molecule has 0 aliphatic carbocycles. The van der Waals surface area contributed by atoms with Crippen LogP contribution in [-0.2, 0) is 0 Å². The summed E-state index contributed by atoms with van der Waals surface area (Å²) in [5.41, 5.74) is 2.88. The molecule has 1 aliphatic rings. The minimum Gasteiger partial charge on any atom is -0.507 e. The van der Waals surface area contributed by atoms with Crippen molar-refractivity contribution in [3.63, 3.8) is 0 Å². The van der Waals surface area contributed by atoms with E-state index >= 15 is 0 Å². The Morgan fingerprint density at radius 2 is 1.88 bits per heavy atom. The molecule has 0 bridgehead atoms. The van der Waals surface area contributed by atoms with Crippen molar-refractivity contribution in [1.29, 1.82) is 5.26 Å². The number of nitrogens with zero attached hydrogens (tertiary/aromatic N) is 3. The van der Waals surface area contributed by atoms with Crippen LogP contribution < -0.4 is 4.90 Å². The molecule has 0 atom stereocenters. The van der Waals surface area contributed by atoms with Crippen molar-refractivity contribution in [3.05, 3.63) is 54.3 Å². The van der Waals surface area contributed by atoms with Gasteiger partial charge in [-0.1, -0.05) is 12.1 Å². The van der Waals surface area contributed by atoms with Crippen LogP contribution in [0.2, 0.25) is 0 Å². The number of hydrogen-bond acceptors (Lipinski definition) is 4. The van der Waals surface area contributed by atoms with Crippen molar-refractivity contribution in [1.82, 2.24) is 4.98 Å². The average molecular weight is 347 g/mol. The van der Waals surface area contributed by atoms with Crippen molar-refractivity contribution in [2.45, 2.75) is 12.8 Å². The lowest BCUT2D eigenvalue weighted by atomic mass is 9.97. The van der Waals surface area contributed by atoms with E-state index in [-0.39, 0.29) is 17.5 Å². The first-order chi connectivity index (χ1) is 12.7. The lowest BCUT2D eigenvalue weighted by molar-refractivity contribution is 0.477. The second-order valence-electron chi connectivity index (χ2n) is 6.60. The number of anilines is 1. The van der Waals surface area contributed by atoms with E-state index in [1.165, 1.54) is 12.1 Å². The standard InChI is InChI=1S/C21H18FN3O/c22-15-5-6-18-17(11-15)20(25-9-7-14(13-23)8-10-25)12-19(24-18)16-3-1-2-4-21(16)26/h1-6,11-12,14,26H,7-10H2. The molecule has 26 heavy (non-hydrogen) atoms. The van der Waals surface area contributed by atoms with E-state index in [2.05, 4.69) is 16.0 Å². The van der Waals surface area contributed by atoms with Gasteiger partial charge in [-0.2, -0.15) is 5.26 Å². The Balaban J connectivity index is 1.86. The largest absolute Gasteiger partial charge is 0.507 e. The van der Waals surface area contributed by atoms with Gasteiger partial charge in [-0.15, -0.1) is 0 Å². The van der Waals surface area contributed by atoms with Gasteiger partial charge in [0.2, 0.25) is 0 Å². The highest BCUT2D eigenvalue weighted by Gasteiger charge is 2.22. The first-order valence-electron chi connectivity index (χ1n) is 8.69. The number of nitriles is 1. The zero-order chi connectivity index (χ0) is 18.1. The Morgan fingerprint density at radius 3 is 2.62 bits per heavy atom. The summed E-state index contributed by atoms with van der Waals surface area (Å²) in [6.45, 7) is 1.49. The summed E-state index contributed by atoms with van der Waals surface area (Å²) in [6, 6.07) is 15.9. The van der Waals surface area contributed by atoms with Gasteiger partial charge < -0.3 is 10.0 Å². The smallest absolute Gasteiger partial charge is 0.124 e. The molecule has 0 amide bonds. The molecule has 1 saturated heterocycles. The predicted molar refractivity (Wildman–Crippen MR) is 99.4 cm³/mol. The van der Waals surface area contributed by atoms with Crippen LogP contribution in [0.4, 0.5) is 10.1 Å². The predicted octanol–water partition coefficient (Wildman–Crippen LogP) is 4.49. The van der Waals surface area contributed by atoms with Gasteiger partial charge in [-0.05, 0) is 49.2 Å². The summed E-state index contributed by atoms with van der Waals surface area (Å²) in [4.78, 5) is 6.81. The van der Waals surface area contributed by atoms with Crippen LogP contribution in [0.25, 0.3) is 22.2 Å². The van der Waals surface area contributed by atoms with Gasteiger partial charge in [0.25, 0.3) is 0 Å². The van der Waals surface area contributed by atoms with Crippen molar-refractivity contribution in [2.24, 2.45) is 5.92 Å². The van der Waals surface area contributed by atoms with Gasteiger partial charge >= 0.3 is 0 Å². The molecule has 0 spiro atoms. The minimum absolute atomic E-state index is 0.0775. The summed E-state index contributed by atoms with van der Waals surface area (Å²) in [5.74, 6) is -0.0629. The Bertz CT molecular complexity index is 1000. The third kappa shape index (κ3) is 2.95. The number of para-hydroxylation sites is 1. The maximum absolute atomic E-state index is 13.9. The number of hydrogen-bond donors (Lipinski definition) is 1. The molecule has 1 aromatic heterocycles. The molecule has 0 radical (unpaired) electrons. The number of pyridine rings is 1. The molecule has 3 aromatic rings. The van der Waals surface area contributed by atoms with E-state index < -0.39 is 0 Å². The number of aromatic nitrogens is 1. The average Bonchev–Trinajstić information content (AvgIpc) is 2.68. The maximum Gasteiger partial charge on any atom is 0.124 e. The fraction of sp³-hybridized carbons (Fsp3) is 0.238. The van der Waals surface area contributed by atoms with E-state index in [4.69, 9.17) is 5.26 Å². The van der Waals surface area contributed by atoms with E-state index in [0.717, 1.165) is 37.0 Å². The Hall–Kier alpha value is -3.13. The molecule has 1 aliphatic heterocycles. The highest BCUT2D eigenvalue weighted by Crippen LogP contribution is 2.36. The van der Waals surface area contributed by atoms with Gasteiger partial charge in [0.1, 0.15) is 11.6 Å². The van der Waals surface area contributed by atoms with E-state index in [0.29, 0.717) is 16.8 Å². The van der Waals surface area contributed by atoms with E-state index in [9.17, 15) is 9.50 Å². The summed E-state index contributed by atoms with van der Waals surface area (Å²) >= 11 is 0. The number of phenols is 1. The Labute approximate surface area is 151 Å². The van der Waals surface area contributed by atoms with Crippen LogP contribution >= 0.6 is 0 Å². The van der Waals surface area contributed by atoms with E-state index in [1.807, 2.05) is 18.2 Å². The fourth-order valence-corrected chi connectivity index (χ4v) is 3.52. The van der Waals surface area contributed by atoms with Crippen molar-refractivity contribution in [2.75, 3.05) is 18.0 Å². The van der Waals surface area contributed by atoms with Gasteiger partial charge in [0.05, 0.1) is 17.3 Å². The molecule has 4 nitrogen and oxygen atoms in total. The maximum atomic E-state index is 13.9. The van der Waals surface area contributed by atoms with Crippen LogP contribution in [0.1, 0.15) is 12.8 Å². The number of aromatic hydroxyl groups is 1. The highest BCUT2D eigenvalue weighted by molar-refractivity contribution is 5.94. The van der Waals surface area contributed by atoms with Gasteiger partial charge in [0, 0.05) is 35.6 Å². The summed E-state index contributed by atoms with van der Waals surface area (Å²) in [5, 5.41) is 20.1. The summed E-state index contributed by atoms with van der Waals surface area (Å²) in [7, 11) is 0. The molecular weight excluding hydrogens is 329 g/mol. The van der Waals surface area contributed by atoms with Gasteiger partial charge in [-0.25, -0.2) is 9.37 Å². The zero-order valence-electron chi connectivity index (χ0n) is 14.2. The normalized spacial score (nSPS) is 15.2. The van der Waals surface area contributed by atoms with Crippen LogP contribution in [-0.4, -0.2) is 23.2 Å². The third-order valence-electron chi connectivity index (χ3n) is 4.95. The number of phenolic OH excluding ortho intramolecular Hbond substituents is 1. The van der Waals surface area contributed by atoms with Crippen molar-refractivity contribution >= 4 is 16.6 Å². The number of fused-ring (bicyclic) bond motifs is 1. The van der Waals surface area contributed by atoms with E-state index in [1.54, 1.807) is 18.2 Å². The van der Waals surface area contributed by atoms with Gasteiger partial charge in [-0.3, -0.25) is 0 Å². The summed E-state index contributed by atoms with van der Waals surface area (Å²) < 4.78 is 13.9. The first-order valence-corrected chi connectivity index (χ1v) is 8.69. The lowest BCUT2D eigenvalue weighted by Crippen LogP contribution is -2.33. The Kier molecular flexibility index (Phi) is 4.18. The molecule has 0 unspecified atom stereocenters. The molecular formula is C21H18FN3O. The molecule has 1 N–H and O–H groups in total. The van der Waals surface area contributed by atoms with Crippen LogP contribution in [0, 0.1) is 23.1 Å². The van der Waals surface area contributed by atoms with Crippen LogP contribution in [0.5, 0.6) is 5.75 Å². The molecule has 2 heterocycles. The zero-order valence-corrected chi connectivity index (χ0v) is 14.2. The monoisotopic (exact) mass is 347 g/mol. The molecule has 4 rings (SSSR count). The second kappa shape index (κ2) is 6.64. The number of benzene rings is 2. The number of halogens is 1.